The number of hydrogen-bond acceptors (Lipinski definition) is 5. The Labute approximate surface area is 153 Å². The number of furan rings is 1. The maximum atomic E-state index is 12.3. The third kappa shape index (κ3) is 6.20. The molecule has 1 aromatic heterocycles. The third-order valence-electron chi connectivity index (χ3n) is 4.52. The summed E-state index contributed by atoms with van der Waals surface area (Å²) in [5, 5.41) is 5.52. The van der Waals surface area contributed by atoms with Crippen LogP contribution in [0.3, 0.4) is 0 Å². The van der Waals surface area contributed by atoms with Crippen LogP contribution in [0.5, 0.6) is 0 Å². The molecular weight excluding hydrogens is 336 g/mol. The van der Waals surface area contributed by atoms with Crippen molar-refractivity contribution in [1.29, 1.82) is 0 Å². The molecule has 144 valence electrons. The first kappa shape index (κ1) is 20.0. The zero-order valence-corrected chi connectivity index (χ0v) is 15.5. The van der Waals surface area contributed by atoms with Gasteiger partial charge in [0.05, 0.1) is 6.26 Å². The summed E-state index contributed by atoms with van der Waals surface area (Å²) in [6.07, 6.45) is 7.94. The molecule has 2 rings (SSSR count). The van der Waals surface area contributed by atoms with Crippen LogP contribution < -0.4 is 10.6 Å². The van der Waals surface area contributed by atoms with Crippen LogP contribution in [0.1, 0.15) is 62.9 Å². The number of amides is 2. The van der Waals surface area contributed by atoms with Gasteiger partial charge >= 0.3 is 5.97 Å². The van der Waals surface area contributed by atoms with Crippen molar-refractivity contribution >= 4 is 17.8 Å². The van der Waals surface area contributed by atoms with E-state index in [0.29, 0.717) is 0 Å². The smallest absolute Gasteiger partial charge is 0.329 e. The SMILES string of the molecule is CC(C)[C@H](NC(=O)c1ccco1)C(=O)OCC(=O)NC1CCCCCC1. The predicted molar refractivity (Wildman–Crippen MR) is 95.4 cm³/mol. The van der Waals surface area contributed by atoms with Gasteiger partial charge in [0.25, 0.3) is 11.8 Å². The van der Waals surface area contributed by atoms with Gasteiger partial charge in [0.1, 0.15) is 6.04 Å². The molecule has 1 aliphatic carbocycles. The van der Waals surface area contributed by atoms with E-state index in [9.17, 15) is 14.4 Å². The number of rotatable bonds is 7. The molecular formula is C19H28N2O5. The molecule has 1 atom stereocenters. The summed E-state index contributed by atoms with van der Waals surface area (Å²) < 4.78 is 10.1. The van der Waals surface area contributed by atoms with Crippen LogP contribution in [0.25, 0.3) is 0 Å². The lowest BCUT2D eigenvalue weighted by molar-refractivity contribution is -0.151. The van der Waals surface area contributed by atoms with Gasteiger partial charge in [-0.1, -0.05) is 39.5 Å². The first-order valence-corrected chi connectivity index (χ1v) is 9.27. The van der Waals surface area contributed by atoms with Gasteiger partial charge in [-0.2, -0.15) is 0 Å². The monoisotopic (exact) mass is 364 g/mol. The van der Waals surface area contributed by atoms with E-state index in [1.807, 2.05) is 0 Å². The standard InChI is InChI=1S/C19H28N2O5/c1-13(2)17(21-18(23)15-10-7-11-25-15)19(24)26-12-16(22)20-14-8-5-3-4-6-9-14/h7,10-11,13-14,17H,3-6,8-9,12H2,1-2H3,(H,20,22)(H,21,23)/t17-/m0/s1. The Morgan fingerprint density at radius 3 is 2.46 bits per heavy atom. The van der Waals surface area contributed by atoms with Gasteiger partial charge in [0.2, 0.25) is 0 Å². The van der Waals surface area contributed by atoms with Crippen molar-refractivity contribution in [1.82, 2.24) is 10.6 Å². The lowest BCUT2D eigenvalue weighted by Gasteiger charge is -2.21. The number of carbonyl (C=O) groups is 3. The summed E-state index contributed by atoms with van der Waals surface area (Å²) in [5.41, 5.74) is 0. The molecule has 26 heavy (non-hydrogen) atoms. The van der Waals surface area contributed by atoms with Crippen molar-refractivity contribution < 1.29 is 23.5 Å². The van der Waals surface area contributed by atoms with E-state index in [4.69, 9.17) is 9.15 Å². The first-order valence-electron chi connectivity index (χ1n) is 9.27. The maximum absolute atomic E-state index is 12.3. The molecule has 2 amide bonds. The Balaban J connectivity index is 1.81. The second-order valence-electron chi connectivity index (χ2n) is 7.04. The zero-order valence-electron chi connectivity index (χ0n) is 15.5. The highest BCUT2D eigenvalue weighted by Gasteiger charge is 2.27. The quantitative estimate of drug-likeness (QED) is 0.572. The molecule has 0 spiro atoms. The van der Waals surface area contributed by atoms with E-state index in [1.54, 1.807) is 19.9 Å². The second-order valence-corrected chi connectivity index (χ2v) is 7.04. The fraction of sp³-hybridized carbons (Fsp3) is 0.632. The van der Waals surface area contributed by atoms with E-state index in [-0.39, 0.29) is 30.2 Å². The molecule has 1 heterocycles. The van der Waals surface area contributed by atoms with Crippen molar-refractivity contribution in [3.05, 3.63) is 24.2 Å². The minimum Gasteiger partial charge on any atom is -0.459 e. The molecule has 1 saturated carbocycles. The summed E-state index contributed by atoms with van der Waals surface area (Å²) in [6.45, 7) is 3.25. The molecule has 0 unspecified atom stereocenters. The van der Waals surface area contributed by atoms with Crippen LogP contribution in [0.15, 0.2) is 22.8 Å². The lowest BCUT2D eigenvalue weighted by Crippen LogP contribution is -2.46. The highest BCUT2D eigenvalue weighted by Crippen LogP contribution is 2.17. The highest BCUT2D eigenvalue weighted by atomic mass is 16.5. The Hall–Kier alpha value is -2.31. The third-order valence-corrected chi connectivity index (χ3v) is 4.52. The molecule has 2 N–H and O–H groups in total. The number of esters is 1. The minimum atomic E-state index is -0.849. The molecule has 0 aliphatic heterocycles. The van der Waals surface area contributed by atoms with Crippen molar-refractivity contribution in [2.45, 2.75) is 64.5 Å². The summed E-state index contributed by atoms with van der Waals surface area (Å²) >= 11 is 0. The first-order chi connectivity index (χ1) is 12.5. The molecule has 0 saturated heterocycles. The van der Waals surface area contributed by atoms with Gasteiger partial charge in [0.15, 0.2) is 12.4 Å². The molecule has 7 nitrogen and oxygen atoms in total. The van der Waals surface area contributed by atoms with E-state index >= 15 is 0 Å². The van der Waals surface area contributed by atoms with Gasteiger partial charge in [-0.3, -0.25) is 9.59 Å². The second kappa shape index (κ2) is 9.99. The number of nitrogens with one attached hydrogen (secondary N) is 2. The average Bonchev–Trinajstić information content (AvgIpc) is 3.03. The van der Waals surface area contributed by atoms with E-state index < -0.39 is 17.9 Å². The summed E-state index contributed by atoms with van der Waals surface area (Å²) in [6, 6.07) is 2.41. The summed E-state index contributed by atoms with van der Waals surface area (Å²) in [7, 11) is 0. The Morgan fingerprint density at radius 1 is 1.19 bits per heavy atom. The van der Waals surface area contributed by atoms with Crippen LogP contribution in [0, 0.1) is 5.92 Å². The molecule has 0 aromatic carbocycles. The number of hydrogen-bond donors (Lipinski definition) is 2. The van der Waals surface area contributed by atoms with Crippen LogP contribution >= 0.6 is 0 Å². The van der Waals surface area contributed by atoms with E-state index in [1.165, 1.54) is 25.2 Å². The summed E-state index contributed by atoms with van der Waals surface area (Å²) in [5.74, 6) is -1.49. The largest absolute Gasteiger partial charge is 0.459 e. The molecule has 1 aromatic rings. The van der Waals surface area contributed by atoms with Gasteiger partial charge in [-0.05, 0) is 30.9 Å². The van der Waals surface area contributed by atoms with E-state index in [2.05, 4.69) is 10.6 Å². The fourth-order valence-electron chi connectivity index (χ4n) is 3.04. The Kier molecular flexibility index (Phi) is 7.69. The number of carbonyl (C=O) groups excluding carboxylic acids is 3. The van der Waals surface area contributed by atoms with Gasteiger partial charge in [0, 0.05) is 6.04 Å². The van der Waals surface area contributed by atoms with Crippen LogP contribution in [0.2, 0.25) is 0 Å². The maximum Gasteiger partial charge on any atom is 0.329 e. The van der Waals surface area contributed by atoms with Crippen molar-refractivity contribution in [3.63, 3.8) is 0 Å². The minimum absolute atomic E-state index is 0.120. The molecule has 7 heteroatoms. The average molecular weight is 364 g/mol. The van der Waals surface area contributed by atoms with Gasteiger partial charge < -0.3 is 19.8 Å². The molecule has 0 radical (unpaired) electrons. The topological polar surface area (TPSA) is 97.6 Å². The van der Waals surface area contributed by atoms with Crippen LogP contribution in [-0.2, 0) is 14.3 Å². The molecule has 0 bridgehead atoms. The van der Waals surface area contributed by atoms with Crippen LogP contribution in [-0.4, -0.2) is 36.5 Å². The fourth-order valence-corrected chi connectivity index (χ4v) is 3.04. The van der Waals surface area contributed by atoms with Gasteiger partial charge in [-0.15, -0.1) is 0 Å². The zero-order chi connectivity index (χ0) is 18.9. The molecule has 1 fully saturated rings. The lowest BCUT2D eigenvalue weighted by atomic mass is 10.0. The normalized spacial score (nSPS) is 16.6. The van der Waals surface area contributed by atoms with Gasteiger partial charge in [-0.25, -0.2) is 4.79 Å². The van der Waals surface area contributed by atoms with Crippen molar-refractivity contribution in [2.24, 2.45) is 5.92 Å². The highest BCUT2D eigenvalue weighted by molar-refractivity contribution is 5.94. The summed E-state index contributed by atoms with van der Waals surface area (Å²) in [4.78, 5) is 36.4. The van der Waals surface area contributed by atoms with Crippen molar-refractivity contribution in [3.8, 4) is 0 Å². The Morgan fingerprint density at radius 2 is 1.88 bits per heavy atom. The number of ether oxygens (including phenoxy) is 1. The van der Waals surface area contributed by atoms with Crippen molar-refractivity contribution in [2.75, 3.05) is 6.61 Å². The van der Waals surface area contributed by atoms with Crippen LogP contribution in [0.4, 0.5) is 0 Å². The Bertz CT molecular complexity index is 589. The van der Waals surface area contributed by atoms with E-state index in [0.717, 1.165) is 25.7 Å². The molecule has 1 aliphatic rings. The predicted octanol–water partition coefficient (Wildman–Crippen LogP) is 2.42.